The number of rotatable bonds is 3. The van der Waals surface area contributed by atoms with Crippen molar-refractivity contribution in [2.45, 2.75) is 12.3 Å². The van der Waals surface area contributed by atoms with E-state index in [0.717, 1.165) is 12.1 Å². The van der Waals surface area contributed by atoms with Crippen LogP contribution < -0.4 is 4.74 Å². The van der Waals surface area contributed by atoms with E-state index in [0.29, 0.717) is 19.0 Å². The van der Waals surface area contributed by atoms with Gasteiger partial charge in [0.2, 0.25) is 0 Å². The van der Waals surface area contributed by atoms with Crippen LogP contribution in [0.1, 0.15) is 5.56 Å². The largest absolute Gasteiger partial charge is 0.491 e. The van der Waals surface area contributed by atoms with Gasteiger partial charge in [-0.25, -0.2) is 0 Å². The molecule has 2 nitrogen and oxygen atoms in total. The highest BCUT2D eigenvalue weighted by Gasteiger charge is 2.30. The van der Waals surface area contributed by atoms with Gasteiger partial charge in [0.05, 0.1) is 12.2 Å². The second-order valence-electron chi connectivity index (χ2n) is 3.29. The lowest BCUT2D eigenvalue weighted by atomic mass is 10.2. The maximum Gasteiger partial charge on any atom is 0.416 e. The molecule has 0 bridgehead atoms. The van der Waals surface area contributed by atoms with Crippen molar-refractivity contribution in [1.29, 1.82) is 0 Å². The van der Waals surface area contributed by atoms with Gasteiger partial charge in [-0.1, -0.05) is 0 Å². The highest BCUT2D eigenvalue weighted by Crippen LogP contribution is 2.30. The van der Waals surface area contributed by atoms with E-state index >= 15 is 0 Å². The number of alkyl halides is 3. The van der Waals surface area contributed by atoms with Crippen LogP contribution in [-0.2, 0) is 10.9 Å². The molecule has 0 spiro atoms. The van der Waals surface area contributed by atoms with E-state index in [9.17, 15) is 13.2 Å². The molecule has 15 heavy (non-hydrogen) atoms. The first-order valence-electron chi connectivity index (χ1n) is 4.47. The fourth-order valence-corrected chi connectivity index (χ4v) is 1.09. The van der Waals surface area contributed by atoms with Gasteiger partial charge in [0, 0.05) is 0 Å². The maximum atomic E-state index is 12.2. The molecule has 1 fully saturated rings. The Labute approximate surface area is 84.6 Å². The molecule has 1 aliphatic rings. The first-order valence-corrected chi connectivity index (χ1v) is 4.47. The Morgan fingerprint density at radius 2 is 1.87 bits per heavy atom. The molecule has 1 heterocycles. The zero-order valence-corrected chi connectivity index (χ0v) is 7.75. The second-order valence-corrected chi connectivity index (χ2v) is 3.29. The van der Waals surface area contributed by atoms with Crippen LogP contribution in [0.4, 0.5) is 13.2 Å². The van der Waals surface area contributed by atoms with Gasteiger partial charge in [-0.05, 0) is 24.3 Å². The summed E-state index contributed by atoms with van der Waals surface area (Å²) in [6.45, 7) is 1.06. The fraction of sp³-hybridized carbons (Fsp3) is 0.400. The molecule has 1 saturated heterocycles. The van der Waals surface area contributed by atoms with Gasteiger partial charge in [-0.2, -0.15) is 13.2 Å². The minimum Gasteiger partial charge on any atom is -0.491 e. The quantitative estimate of drug-likeness (QED) is 0.727. The number of halogens is 3. The molecule has 1 aromatic carbocycles. The Hall–Kier alpha value is -1.23. The lowest BCUT2D eigenvalue weighted by molar-refractivity contribution is -0.137. The Balaban J connectivity index is 1.96. The molecule has 0 aliphatic carbocycles. The fourth-order valence-electron chi connectivity index (χ4n) is 1.09. The number of hydrogen-bond donors (Lipinski definition) is 0. The summed E-state index contributed by atoms with van der Waals surface area (Å²) in [5.41, 5.74) is -0.669. The van der Waals surface area contributed by atoms with Crippen molar-refractivity contribution in [3.8, 4) is 5.75 Å². The van der Waals surface area contributed by atoms with E-state index in [1.165, 1.54) is 12.1 Å². The predicted molar refractivity (Wildman–Crippen MR) is 46.7 cm³/mol. The normalized spacial score (nSPS) is 20.1. The number of hydrogen-bond acceptors (Lipinski definition) is 2. The van der Waals surface area contributed by atoms with Gasteiger partial charge in [-0.15, -0.1) is 0 Å². The molecule has 82 valence electrons. The Morgan fingerprint density at radius 3 is 2.33 bits per heavy atom. The third kappa shape index (κ3) is 2.86. The van der Waals surface area contributed by atoms with E-state index in [2.05, 4.69) is 0 Å². The number of benzene rings is 1. The maximum absolute atomic E-state index is 12.2. The van der Waals surface area contributed by atoms with Crippen molar-refractivity contribution in [2.24, 2.45) is 0 Å². The molecule has 0 unspecified atom stereocenters. The minimum absolute atomic E-state index is 0.104. The van der Waals surface area contributed by atoms with Crippen molar-refractivity contribution < 1.29 is 22.6 Å². The average Bonchev–Trinajstić information content (AvgIpc) is 2.97. The van der Waals surface area contributed by atoms with E-state index in [1.54, 1.807) is 0 Å². The number of ether oxygens (including phenoxy) is 2. The zero-order chi connectivity index (χ0) is 10.9. The highest BCUT2D eigenvalue weighted by atomic mass is 19.4. The third-order valence-corrected chi connectivity index (χ3v) is 2.02. The topological polar surface area (TPSA) is 21.8 Å². The summed E-state index contributed by atoms with van der Waals surface area (Å²) in [5.74, 6) is 0.429. The molecule has 0 aromatic heterocycles. The lowest BCUT2D eigenvalue weighted by Crippen LogP contribution is -2.06. The van der Waals surface area contributed by atoms with Crippen LogP contribution in [0.2, 0.25) is 0 Å². The summed E-state index contributed by atoms with van der Waals surface area (Å²) < 4.78 is 46.7. The first kappa shape index (κ1) is 10.3. The monoisotopic (exact) mass is 218 g/mol. The molecule has 0 radical (unpaired) electrons. The smallest absolute Gasteiger partial charge is 0.416 e. The molecule has 1 atom stereocenters. The average molecular weight is 218 g/mol. The van der Waals surface area contributed by atoms with Gasteiger partial charge < -0.3 is 9.47 Å². The molecule has 0 amide bonds. The lowest BCUT2D eigenvalue weighted by Gasteiger charge is -2.08. The summed E-state index contributed by atoms with van der Waals surface area (Å²) in [6, 6.07) is 4.63. The molecular formula is C10H9F3O2. The summed E-state index contributed by atoms with van der Waals surface area (Å²) in [7, 11) is 0. The van der Waals surface area contributed by atoms with E-state index in [4.69, 9.17) is 9.47 Å². The van der Waals surface area contributed by atoms with Crippen LogP contribution in [-0.4, -0.2) is 19.3 Å². The molecule has 5 heteroatoms. The van der Waals surface area contributed by atoms with Gasteiger partial charge in [-0.3, -0.25) is 0 Å². The summed E-state index contributed by atoms with van der Waals surface area (Å²) >= 11 is 0. The SMILES string of the molecule is FC(F)(F)c1ccc(OC[C@H]2CO2)cc1. The zero-order valence-electron chi connectivity index (χ0n) is 7.75. The van der Waals surface area contributed by atoms with Crippen molar-refractivity contribution in [2.75, 3.05) is 13.2 Å². The molecule has 2 rings (SSSR count). The second kappa shape index (κ2) is 3.73. The van der Waals surface area contributed by atoms with Gasteiger partial charge in [0.1, 0.15) is 18.5 Å². The van der Waals surface area contributed by atoms with E-state index in [-0.39, 0.29) is 6.10 Å². The standard InChI is InChI=1S/C10H9F3O2/c11-10(12,13)7-1-3-8(4-2-7)14-5-9-6-15-9/h1-4,9H,5-6H2/t9-/m0/s1. The van der Waals surface area contributed by atoms with Crippen molar-refractivity contribution in [3.05, 3.63) is 29.8 Å². The molecule has 0 saturated carbocycles. The van der Waals surface area contributed by atoms with Crippen LogP contribution in [0.15, 0.2) is 24.3 Å². The summed E-state index contributed by atoms with van der Waals surface area (Å²) in [4.78, 5) is 0. The van der Waals surface area contributed by atoms with Gasteiger partial charge in [0.25, 0.3) is 0 Å². The Bertz CT molecular complexity index is 328. The van der Waals surface area contributed by atoms with Crippen LogP contribution >= 0.6 is 0 Å². The van der Waals surface area contributed by atoms with Crippen molar-refractivity contribution >= 4 is 0 Å². The van der Waals surface area contributed by atoms with Crippen LogP contribution in [0.5, 0.6) is 5.75 Å². The molecular weight excluding hydrogens is 209 g/mol. The minimum atomic E-state index is -4.29. The van der Waals surface area contributed by atoms with Crippen molar-refractivity contribution in [3.63, 3.8) is 0 Å². The van der Waals surface area contributed by atoms with E-state index < -0.39 is 11.7 Å². The van der Waals surface area contributed by atoms with Gasteiger partial charge in [0.15, 0.2) is 0 Å². The molecule has 1 aliphatic heterocycles. The van der Waals surface area contributed by atoms with Crippen molar-refractivity contribution in [1.82, 2.24) is 0 Å². The first-order chi connectivity index (χ1) is 7.05. The molecule has 1 aromatic rings. The summed E-state index contributed by atoms with van der Waals surface area (Å²) in [6.07, 6.45) is -4.19. The predicted octanol–water partition coefficient (Wildman–Crippen LogP) is 2.48. The van der Waals surface area contributed by atoms with Gasteiger partial charge >= 0.3 is 6.18 Å². The Morgan fingerprint density at radius 1 is 1.27 bits per heavy atom. The summed E-state index contributed by atoms with van der Waals surface area (Å²) in [5, 5.41) is 0. The third-order valence-electron chi connectivity index (χ3n) is 2.02. The van der Waals surface area contributed by atoms with E-state index in [1.807, 2.05) is 0 Å². The molecule has 0 N–H and O–H groups in total. The number of epoxide rings is 1. The highest BCUT2D eigenvalue weighted by molar-refractivity contribution is 5.28. The van der Waals surface area contributed by atoms with Crippen LogP contribution in [0.25, 0.3) is 0 Å². The van der Waals surface area contributed by atoms with Crippen LogP contribution in [0.3, 0.4) is 0 Å². The Kier molecular flexibility index (Phi) is 2.56. The van der Waals surface area contributed by atoms with Crippen LogP contribution in [0, 0.1) is 0 Å².